The Morgan fingerprint density at radius 2 is 1.97 bits per heavy atom. The highest BCUT2D eigenvalue weighted by atomic mass is 32.2. The molecule has 1 aromatic heterocycles. The number of aryl methyl sites for hydroxylation is 1. The first-order valence-corrected chi connectivity index (χ1v) is 11.1. The van der Waals surface area contributed by atoms with Crippen molar-refractivity contribution in [2.45, 2.75) is 0 Å². The average Bonchev–Trinajstić information content (AvgIpc) is 3.40. The molecule has 0 atom stereocenters. The van der Waals surface area contributed by atoms with Gasteiger partial charge in [-0.3, -0.25) is 14.2 Å². The van der Waals surface area contributed by atoms with Crippen LogP contribution in [-0.4, -0.2) is 42.2 Å². The third-order valence-corrected chi connectivity index (χ3v) is 5.60. The Kier molecular flexibility index (Phi) is 6.93. The molecule has 4 rings (SSSR count). The van der Waals surface area contributed by atoms with Gasteiger partial charge in [-0.2, -0.15) is 0 Å². The predicted octanol–water partition coefficient (Wildman–Crippen LogP) is 2.08. The number of para-hydroxylation sites is 1. The molecule has 0 bridgehead atoms. The molecule has 1 amide bonds. The Hall–Kier alpha value is -4.12. The number of carbonyl (C=O) groups is 1. The summed E-state index contributed by atoms with van der Waals surface area (Å²) in [5.41, 5.74) is 1.58. The third-order valence-electron chi connectivity index (χ3n) is 4.68. The normalized spacial score (nSPS) is 15.1. The van der Waals surface area contributed by atoms with Gasteiger partial charge in [-0.05, 0) is 41.8 Å². The summed E-state index contributed by atoms with van der Waals surface area (Å²) in [6.45, 7) is 0. The van der Waals surface area contributed by atoms with Gasteiger partial charge in [-0.1, -0.05) is 40.7 Å². The molecule has 0 spiro atoms. The van der Waals surface area contributed by atoms with E-state index in [1.54, 1.807) is 57.7 Å². The fourth-order valence-electron chi connectivity index (χ4n) is 3.14. The number of aliphatic imine (C=N–C) groups is 2. The molecule has 1 aliphatic heterocycles. The monoisotopic (exact) mass is 479 g/mol. The van der Waals surface area contributed by atoms with E-state index < -0.39 is 5.90 Å². The maximum atomic E-state index is 13.3. The van der Waals surface area contributed by atoms with E-state index in [-0.39, 0.29) is 23.2 Å². The molecule has 0 saturated carbocycles. The zero-order chi connectivity index (χ0) is 24.1. The minimum absolute atomic E-state index is 0.0382. The molecular weight excluding hydrogens is 458 g/mol. The second-order valence-electron chi connectivity index (χ2n) is 7.02. The highest BCUT2D eigenvalue weighted by Crippen LogP contribution is 2.32. The summed E-state index contributed by atoms with van der Waals surface area (Å²) in [7, 11) is 4.75. The minimum atomic E-state index is -0.442. The molecule has 1 aliphatic rings. The van der Waals surface area contributed by atoms with Gasteiger partial charge in [0.25, 0.3) is 12.1 Å². The van der Waals surface area contributed by atoms with Crippen LogP contribution in [0.25, 0.3) is 6.08 Å². The number of thioether (sulfide) groups is 1. The molecule has 2 heterocycles. The van der Waals surface area contributed by atoms with Crippen LogP contribution < -0.4 is 24.2 Å². The molecule has 0 fully saturated rings. The lowest BCUT2D eigenvalue weighted by molar-refractivity contribution is -0.739. The van der Waals surface area contributed by atoms with Gasteiger partial charge in [0.15, 0.2) is 29.0 Å². The van der Waals surface area contributed by atoms with Gasteiger partial charge >= 0.3 is 5.88 Å². The second-order valence-corrected chi connectivity index (χ2v) is 7.97. The Morgan fingerprint density at radius 3 is 2.65 bits per heavy atom. The van der Waals surface area contributed by atoms with Crippen LogP contribution in [0.3, 0.4) is 0 Å². The molecule has 10 nitrogen and oxygen atoms in total. The van der Waals surface area contributed by atoms with E-state index >= 15 is 0 Å². The van der Waals surface area contributed by atoms with Crippen molar-refractivity contribution in [3.8, 4) is 11.5 Å². The van der Waals surface area contributed by atoms with Crippen LogP contribution in [0.5, 0.6) is 11.5 Å². The van der Waals surface area contributed by atoms with Gasteiger partial charge in [0, 0.05) is 5.75 Å². The molecule has 0 aliphatic carbocycles. The molecule has 0 radical (unpaired) electrons. The lowest BCUT2D eigenvalue weighted by atomic mass is 10.1. The average molecular weight is 480 g/mol. The highest BCUT2D eigenvalue weighted by Gasteiger charge is 2.31. The van der Waals surface area contributed by atoms with Crippen LogP contribution in [0, 0.1) is 0 Å². The van der Waals surface area contributed by atoms with E-state index in [2.05, 4.69) is 15.3 Å². The first kappa shape index (κ1) is 23.1. The third kappa shape index (κ3) is 5.09. The first-order chi connectivity index (χ1) is 16.5. The van der Waals surface area contributed by atoms with E-state index in [4.69, 9.17) is 14.0 Å². The van der Waals surface area contributed by atoms with Gasteiger partial charge in [-0.15, -0.1) is 0 Å². The van der Waals surface area contributed by atoms with E-state index in [0.29, 0.717) is 27.9 Å². The second kappa shape index (κ2) is 10.2. The Bertz CT molecular complexity index is 1290. The topological polar surface area (TPSA) is 116 Å². The molecule has 2 aromatic carbocycles. The number of aromatic nitrogens is 2. The Labute approximate surface area is 199 Å². The van der Waals surface area contributed by atoms with Crippen molar-refractivity contribution in [3.63, 3.8) is 0 Å². The van der Waals surface area contributed by atoms with Gasteiger partial charge < -0.3 is 14.6 Å². The number of carbonyl (C=O) groups excluding carboxylic acids is 1. The molecular formula is C23H21N5O5S. The van der Waals surface area contributed by atoms with Crippen LogP contribution in [0.4, 0.5) is 11.6 Å². The van der Waals surface area contributed by atoms with Gasteiger partial charge in [0.05, 0.1) is 19.9 Å². The summed E-state index contributed by atoms with van der Waals surface area (Å²) in [6.07, 6.45) is 3.15. The zero-order valence-corrected chi connectivity index (χ0v) is 19.5. The number of nitrogens with zero attached hydrogens (tertiary/aromatic N) is 5. The smallest absolute Gasteiger partial charge is 0.320 e. The van der Waals surface area contributed by atoms with E-state index in [9.17, 15) is 9.90 Å². The van der Waals surface area contributed by atoms with Crippen molar-refractivity contribution in [2.75, 3.05) is 24.9 Å². The summed E-state index contributed by atoms with van der Waals surface area (Å²) in [4.78, 5) is 23.1. The van der Waals surface area contributed by atoms with E-state index in [1.165, 1.54) is 15.8 Å². The number of hydrogen-bond donors (Lipinski definition) is 0. The largest absolute Gasteiger partial charge is 0.861 e. The van der Waals surface area contributed by atoms with Gasteiger partial charge in [-0.25, -0.2) is 9.98 Å². The number of rotatable bonds is 7. The van der Waals surface area contributed by atoms with Crippen molar-refractivity contribution in [2.24, 2.45) is 17.0 Å². The van der Waals surface area contributed by atoms with Crippen molar-refractivity contribution in [1.29, 1.82) is 0 Å². The summed E-state index contributed by atoms with van der Waals surface area (Å²) >= 11 is 1.11. The summed E-state index contributed by atoms with van der Waals surface area (Å²) < 4.78 is 16.9. The van der Waals surface area contributed by atoms with Gasteiger partial charge in [0.1, 0.15) is 5.70 Å². The summed E-state index contributed by atoms with van der Waals surface area (Å²) in [6, 6.07) is 14.4. The predicted molar refractivity (Wildman–Crippen MR) is 126 cm³/mol. The molecule has 0 saturated heterocycles. The van der Waals surface area contributed by atoms with Crippen molar-refractivity contribution in [1.82, 2.24) is 5.27 Å². The Morgan fingerprint density at radius 1 is 1.21 bits per heavy atom. The molecule has 174 valence electrons. The number of amides is 1. The highest BCUT2D eigenvalue weighted by molar-refractivity contribution is 8.14. The quantitative estimate of drug-likeness (QED) is 0.220. The van der Waals surface area contributed by atoms with Crippen LogP contribution in [-0.2, 0) is 11.8 Å². The number of ether oxygens (including phenoxy) is 2. The number of anilines is 1. The number of hydrogen-bond acceptors (Lipinski definition) is 9. The van der Waals surface area contributed by atoms with Crippen molar-refractivity contribution < 1.29 is 28.6 Å². The Balaban J connectivity index is 1.62. The molecule has 0 N–H and O–H groups in total. The summed E-state index contributed by atoms with van der Waals surface area (Å²) in [5.74, 6) is 0.428. The van der Waals surface area contributed by atoms with Crippen LogP contribution in [0.15, 0.2) is 74.9 Å². The van der Waals surface area contributed by atoms with Crippen LogP contribution >= 0.6 is 11.8 Å². The SMILES string of the molecule is COc1ccc(/C=C2/N=C(SC/C([O-])=N/c3c[n+](C)no3)N(c3ccccc3)C2=O)cc1OC. The molecule has 34 heavy (non-hydrogen) atoms. The number of methoxy groups -OCH3 is 2. The summed E-state index contributed by atoms with van der Waals surface area (Å²) in [5, 5.41) is 16.3. The zero-order valence-electron chi connectivity index (χ0n) is 18.7. The fourth-order valence-corrected chi connectivity index (χ4v) is 3.94. The molecule has 0 unspecified atom stereocenters. The maximum absolute atomic E-state index is 13.3. The minimum Gasteiger partial charge on any atom is -0.861 e. The van der Waals surface area contributed by atoms with E-state index in [0.717, 1.165) is 11.8 Å². The first-order valence-electron chi connectivity index (χ1n) is 10.1. The molecule has 11 heteroatoms. The lowest BCUT2D eigenvalue weighted by Crippen LogP contribution is -2.31. The molecule has 3 aromatic rings. The standard InChI is InChI=1S/C23H21N5O5S/c1-27-13-21(33-26-27)25-20(29)14-34-23-24-17(22(30)28(23)16-7-5-4-6-8-16)11-15-9-10-18(31-2)19(12-15)32-3/h4-13H,14H2,1-3H3/b17-11+. The lowest BCUT2D eigenvalue weighted by Gasteiger charge is -2.18. The maximum Gasteiger partial charge on any atom is 0.320 e. The van der Waals surface area contributed by atoms with Gasteiger partial charge in [0.2, 0.25) is 0 Å². The number of benzene rings is 2. The van der Waals surface area contributed by atoms with Crippen molar-refractivity contribution >= 4 is 46.4 Å². The number of amidine groups is 1. The van der Waals surface area contributed by atoms with Crippen LogP contribution in [0.1, 0.15) is 5.56 Å². The van der Waals surface area contributed by atoms with Crippen molar-refractivity contribution in [3.05, 3.63) is 66.0 Å². The van der Waals surface area contributed by atoms with Crippen LogP contribution in [0.2, 0.25) is 0 Å². The van der Waals surface area contributed by atoms with E-state index in [1.807, 2.05) is 18.2 Å². The fraction of sp³-hybridized carbons (Fsp3) is 0.174.